The standard InChI is InChI=1S/C19H32O/c1-12-11-13(17(2,3)4)16(20)15(19(8,9)10)14(12)18(5,6)7/h11,20H,1-10H3. The van der Waals surface area contributed by atoms with Crippen molar-refractivity contribution in [1.82, 2.24) is 0 Å². The molecule has 0 aliphatic heterocycles. The van der Waals surface area contributed by atoms with Gasteiger partial charge >= 0.3 is 0 Å². The molecule has 0 saturated heterocycles. The number of phenols is 1. The minimum atomic E-state index is -0.0707. The predicted molar refractivity (Wildman–Crippen MR) is 88.9 cm³/mol. The van der Waals surface area contributed by atoms with Crippen molar-refractivity contribution in [3.05, 3.63) is 28.3 Å². The molecule has 0 aliphatic carbocycles. The van der Waals surface area contributed by atoms with Crippen LogP contribution < -0.4 is 0 Å². The zero-order chi connectivity index (χ0) is 16.1. The highest BCUT2D eigenvalue weighted by Crippen LogP contribution is 2.45. The van der Waals surface area contributed by atoms with E-state index in [1.165, 1.54) is 11.1 Å². The average molecular weight is 276 g/mol. The van der Waals surface area contributed by atoms with Crippen LogP contribution in [-0.4, -0.2) is 5.11 Å². The molecule has 0 aliphatic rings. The number of rotatable bonds is 0. The summed E-state index contributed by atoms with van der Waals surface area (Å²) in [5.41, 5.74) is 4.63. The van der Waals surface area contributed by atoms with Gasteiger partial charge in [-0.3, -0.25) is 0 Å². The molecule has 1 nitrogen and oxygen atoms in total. The van der Waals surface area contributed by atoms with Gasteiger partial charge in [0.1, 0.15) is 5.75 Å². The monoisotopic (exact) mass is 276 g/mol. The van der Waals surface area contributed by atoms with Crippen LogP contribution in [0.2, 0.25) is 0 Å². The molecule has 0 bridgehead atoms. The molecule has 1 aromatic rings. The van der Waals surface area contributed by atoms with Gasteiger partial charge in [-0.2, -0.15) is 0 Å². The number of hydrogen-bond acceptors (Lipinski definition) is 1. The lowest BCUT2D eigenvalue weighted by Crippen LogP contribution is -2.25. The van der Waals surface area contributed by atoms with Crippen LogP contribution in [-0.2, 0) is 16.2 Å². The van der Waals surface area contributed by atoms with Gasteiger partial charge in [-0.1, -0.05) is 68.4 Å². The highest BCUT2D eigenvalue weighted by atomic mass is 16.3. The van der Waals surface area contributed by atoms with Crippen LogP contribution in [0.4, 0.5) is 0 Å². The number of benzene rings is 1. The molecule has 114 valence electrons. The first-order valence-corrected chi connectivity index (χ1v) is 7.55. The fraction of sp³-hybridized carbons (Fsp3) is 0.684. The third-order valence-electron chi connectivity index (χ3n) is 3.81. The number of aryl methyl sites for hydroxylation is 1. The summed E-state index contributed by atoms with van der Waals surface area (Å²) < 4.78 is 0. The Morgan fingerprint density at radius 1 is 0.700 bits per heavy atom. The van der Waals surface area contributed by atoms with Crippen LogP contribution >= 0.6 is 0 Å². The van der Waals surface area contributed by atoms with Gasteiger partial charge in [-0.25, -0.2) is 0 Å². The van der Waals surface area contributed by atoms with Crippen molar-refractivity contribution in [2.24, 2.45) is 0 Å². The Kier molecular flexibility index (Phi) is 4.09. The van der Waals surface area contributed by atoms with E-state index in [4.69, 9.17) is 0 Å². The summed E-state index contributed by atoms with van der Waals surface area (Å²) in [4.78, 5) is 0. The third kappa shape index (κ3) is 3.19. The Bertz CT molecular complexity index is 503. The van der Waals surface area contributed by atoms with Crippen molar-refractivity contribution < 1.29 is 5.11 Å². The molecule has 20 heavy (non-hydrogen) atoms. The second kappa shape index (κ2) is 4.79. The van der Waals surface area contributed by atoms with Gasteiger partial charge in [0.15, 0.2) is 0 Å². The van der Waals surface area contributed by atoms with Gasteiger partial charge in [0.2, 0.25) is 0 Å². The number of phenolic OH excluding ortho intramolecular Hbond substituents is 1. The van der Waals surface area contributed by atoms with E-state index in [9.17, 15) is 5.11 Å². The molecule has 0 aromatic heterocycles. The Labute approximate surface area is 125 Å². The summed E-state index contributed by atoms with van der Waals surface area (Å²) in [5, 5.41) is 10.9. The normalized spacial score (nSPS) is 13.7. The maximum Gasteiger partial charge on any atom is 0.123 e. The Balaban J connectivity index is 3.88. The van der Waals surface area contributed by atoms with Crippen molar-refractivity contribution >= 4 is 0 Å². The van der Waals surface area contributed by atoms with Gasteiger partial charge in [-0.05, 0) is 39.9 Å². The molecule has 0 spiro atoms. The summed E-state index contributed by atoms with van der Waals surface area (Å²) in [6, 6.07) is 2.17. The maximum atomic E-state index is 10.9. The lowest BCUT2D eigenvalue weighted by molar-refractivity contribution is 0.413. The summed E-state index contributed by atoms with van der Waals surface area (Å²) in [7, 11) is 0. The number of hydrogen-bond donors (Lipinski definition) is 1. The quantitative estimate of drug-likeness (QED) is 0.654. The fourth-order valence-corrected chi connectivity index (χ4v) is 3.08. The maximum absolute atomic E-state index is 10.9. The highest BCUT2D eigenvalue weighted by molar-refractivity contribution is 5.56. The van der Waals surface area contributed by atoms with E-state index in [0.717, 1.165) is 11.1 Å². The van der Waals surface area contributed by atoms with Crippen LogP contribution in [0.25, 0.3) is 0 Å². The third-order valence-corrected chi connectivity index (χ3v) is 3.81. The molecule has 0 saturated carbocycles. The minimum Gasteiger partial charge on any atom is -0.507 e. The van der Waals surface area contributed by atoms with E-state index in [1.807, 2.05) is 0 Å². The van der Waals surface area contributed by atoms with Crippen LogP contribution in [0.15, 0.2) is 6.07 Å². The summed E-state index contributed by atoms with van der Waals surface area (Å²) in [6.45, 7) is 21.9. The first-order chi connectivity index (χ1) is 8.67. The molecule has 1 rings (SSSR count). The molecule has 0 heterocycles. The van der Waals surface area contributed by atoms with Gasteiger partial charge in [0, 0.05) is 5.56 Å². The average Bonchev–Trinajstić information content (AvgIpc) is 2.14. The largest absolute Gasteiger partial charge is 0.507 e. The Morgan fingerprint density at radius 2 is 1.10 bits per heavy atom. The van der Waals surface area contributed by atoms with E-state index in [2.05, 4.69) is 75.3 Å². The Morgan fingerprint density at radius 3 is 1.40 bits per heavy atom. The first-order valence-electron chi connectivity index (χ1n) is 7.55. The molecule has 1 N–H and O–H groups in total. The van der Waals surface area contributed by atoms with E-state index < -0.39 is 0 Å². The molecule has 0 unspecified atom stereocenters. The molecule has 0 fully saturated rings. The molecule has 0 atom stereocenters. The zero-order valence-corrected chi connectivity index (χ0v) is 15.0. The first kappa shape index (κ1) is 17.1. The fourth-order valence-electron chi connectivity index (χ4n) is 3.08. The summed E-state index contributed by atoms with van der Waals surface area (Å²) in [5.74, 6) is 0.487. The second-order valence-electron chi connectivity index (χ2n) is 9.09. The van der Waals surface area contributed by atoms with Crippen molar-refractivity contribution in [3.63, 3.8) is 0 Å². The van der Waals surface area contributed by atoms with E-state index in [-0.39, 0.29) is 16.2 Å². The van der Waals surface area contributed by atoms with Crippen LogP contribution in [0, 0.1) is 6.92 Å². The van der Waals surface area contributed by atoms with Crippen LogP contribution in [0.3, 0.4) is 0 Å². The molecule has 0 amide bonds. The van der Waals surface area contributed by atoms with Crippen molar-refractivity contribution in [2.45, 2.75) is 85.5 Å². The molecule has 0 radical (unpaired) electrons. The zero-order valence-electron chi connectivity index (χ0n) is 15.0. The summed E-state index contributed by atoms with van der Waals surface area (Å²) in [6.07, 6.45) is 0. The van der Waals surface area contributed by atoms with Crippen molar-refractivity contribution in [2.75, 3.05) is 0 Å². The van der Waals surface area contributed by atoms with Gasteiger partial charge in [0.05, 0.1) is 0 Å². The topological polar surface area (TPSA) is 20.2 Å². The van der Waals surface area contributed by atoms with E-state index in [0.29, 0.717) is 5.75 Å². The lowest BCUT2D eigenvalue weighted by atomic mass is 9.70. The highest BCUT2D eigenvalue weighted by Gasteiger charge is 2.33. The van der Waals surface area contributed by atoms with Gasteiger partial charge < -0.3 is 5.11 Å². The molecular weight excluding hydrogens is 244 g/mol. The predicted octanol–water partition coefficient (Wildman–Crippen LogP) is 5.59. The number of aromatic hydroxyl groups is 1. The minimum absolute atomic E-state index is 0.0284. The second-order valence-corrected chi connectivity index (χ2v) is 9.09. The molecule has 1 heteroatoms. The molecule has 1 aromatic carbocycles. The van der Waals surface area contributed by atoms with Crippen molar-refractivity contribution in [3.8, 4) is 5.75 Å². The van der Waals surface area contributed by atoms with Crippen LogP contribution in [0.5, 0.6) is 5.75 Å². The Hall–Kier alpha value is -0.980. The molecular formula is C19H32O. The van der Waals surface area contributed by atoms with Crippen molar-refractivity contribution in [1.29, 1.82) is 0 Å². The smallest absolute Gasteiger partial charge is 0.123 e. The van der Waals surface area contributed by atoms with E-state index in [1.54, 1.807) is 0 Å². The summed E-state index contributed by atoms with van der Waals surface area (Å²) >= 11 is 0. The SMILES string of the molecule is Cc1cc(C(C)(C)C)c(O)c(C(C)(C)C)c1C(C)(C)C. The van der Waals surface area contributed by atoms with Crippen LogP contribution in [0.1, 0.15) is 84.6 Å². The lowest BCUT2D eigenvalue weighted by Gasteiger charge is -2.35. The van der Waals surface area contributed by atoms with Gasteiger partial charge in [0.25, 0.3) is 0 Å². The van der Waals surface area contributed by atoms with E-state index >= 15 is 0 Å². The van der Waals surface area contributed by atoms with Gasteiger partial charge in [-0.15, -0.1) is 0 Å².